The number of para-hydroxylation sites is 1. The molecular formula is C25H23F3N2O4. The molecule has 1 unspecified atom stereocenters. The Hall–Kier alpha value is -3.85. The summed E-state index contributed by atoms with van der Waals surface area (Å²) in [4.78, 5) is 24.0. The third-order valence-electron chi connectivity index (χ3n) is 5.23. The molecular weight excluding hydrogens is 449 g/mol. The quantitative estimate of drug-likeness (QED) is 0.439. The van der Waals surface area contributed by atoms with Gasteiger partial charge >= 0.3 is 6.18 Å². The first-order valence-electron chi connectivity index (χ1n) is 10.4. The van der Waals surface area contributed by atoms with Crippen LogP contribution in [-0.2, 0) is 12.2 Å². The minimum Gasteiger partial charge on any atom is -0.488 e. The van der Waals surface area contributed by atoms with E-state index in [2.05, 4.69) is 5.32 Å². The number of hydrogen-bond donors (Lipinski definition) is 3. The fourth-order valence-electron chi connectivity index (χ4n) is 3.38. The van der Waals surface area contributed by atoms with Crippen LogP contribution in [0, 0.1) is 0 Å². The Morgan fingerprint density at radius 1 is 0.941 bits per heavy atom. The number of aliphatic hydroxyl groups is 1. The molecule has 1 atom stereocenters. The molecule has 0 radical (unpaired) electrons. The molecule has 0 aliphatic carbocycles. The highest BCUT2D eigenvalue weighted by Crippen LogP contribution is 2.41. The number of halogens is 3. The van der Waals surface area contributed by atoms with Crippen LogP contribution in [0.3, 0.4) is 0 Å². The van der Waals surface area contributed by atoms with Gasteiger partial charge in [-0.25, -0.2) is 0 Å². The number of carbonyl (C=O) groups excluding carboxylic acids is 2. The molecule has 0 bridgehead atoms. The normalized spacial score (nSPS) is 13.1. The number of alkyl halides is 3. The largest absolute Gasteiger partial charge is 0.488 e. The molecule has 0 saturated heterocycles. The molecule has 2 amide bonds. The van der Waals surface area contributed by atoms with Crippen molar-refractivity contribution in [2.75, 3.05) is 6.54 Å². The van der Waals surface area contributed by atoms with Crippen molar-refractivity contribution in [3.63, 3.8) is 0 Å². The van der Waals surface area contributed by atoms with Gasteiger partial charge in [0.2, 0.25) is 0 Å². The fraction of sp³-hybridized carbons (Fsp3) is 0.200. The maximum absolute atomic E-state index is 13.6. The standard InChI is InChI=1S/C25H23F3N2O4/c26-25(27,28)24(33,19-9-2-1-3-10-19)13-14-30-23(32)18-8-6-7-17(15-18)16-34-21-12-5-4-11-20(21)22(29)31/h1-12,15,33H,13-14,16H2,(H2,29,31)(H,30,32). The number of primary amides is 1. The van der Waals surface area contributed by atoms with Crippen LogP contribution >= 0.6 is 0 Å². The second-order valence-corrected chi connectivity index (χ2v) is 7.58. The monoisotopic (exact) mass is 472 g/mol. The van der Waals surface area contributed by atoms with E-state index in [0.717, 1.165) is 0 Å². The second kappa shape index (κ2) is 10.4. The fourth-order valence-corrected chi connectivity index (χ4v) is 3.38. The van der Waals surface area contributed by atoms with Crippen molar-refractivity contribution in [2.24, 2.45) is 5.73 Å². The molecule has 0 aliphatic heterocycles. The third-order valence-corrected chi connectivity index (χ3v) is 5.23. The number of nitrogens with one attached hydrogen (secondary N) is 1. The van der Waals surface area contributed by atoms with Crippen LogP contribution in [0.1, 0.15) is 38.3 Å². The van der Waals surface area contributed by atoms with Gasteiger partial charge in [-0.05, 0) is 35.4 Å². The van der Waals surface area contributed by atoms with Gasteiger partial charge in [0.15, 0.2) is 5.60 Å². The van der Waals surface area contributed by atoms with Gasteiger partial charge < -0.3 is 20.9 Å². The SMILES string of the molecule is NC(=O)c1ccccc1OCc1cccc(C(=O)NCCC(O)(c2ccccc2)C(F)(F)F)c1. The molecule has 0 saturated carbocycles. The summed E-state index contributed by atoms with van der Waals surface area (Å²) in [5, 5.41) is 12.8. The van der Waals surface area contributed by atoms with E-state index in [0.29, 0.717) is 5.56 Å². The number of amides is 2. The van der Waals surface area contributed by atoms with E-state index in [-0.39, 0.29) is 29.0 Å². The average molecular weight is 472 g/mol. The topological polar surface area (TPSA) is 102 Å². The second-order valence-electron chi connectivity index (χ2n) is 7.58. The molecule has 4 N–H and O–H groups in total. The molecule has 6 nitrogen and oxygen atoms in total. The number of benzene rings is 3. The lowest BCUT2D eigenvalue weighted by molar-refractivity contribution is -0.268. The van der Waals surface area contributed by atoms with Gasteiger partial charge in [-0.3, -0.25) is 9.59 Å². The van der Waals surface area contributed by atoms with Crippen LogP contribution in [0.25, 0.3) is 0 Å². The number of carbonyl (C=O) groups is 2. The van der Waals surface area contributed by atoms with Gasteiger partial charge in [0.05, 0.1) is 5.56 Å². The zero-order chi connectivity index (χ0) is 24.8. The maximum atomic E-state index is 13.6. The van der Waals surface area contributed by atoms with E-state index in [1.54, 1.807) is 36.4 Å². The third kappa shape index (κ3) is 5.74. The van der Waals surface area contributed by atoms with Crippen molar-refractivity contribution in [3.05, 3.63) is 101 Å². The molecule has 3 aromatic rings. The molecule has 0 spiro atoms. The summed E-state index contributed by atoms with van der Waals surface area (Å²) in [6.07, 6.45) is -5.67. The highest BCUT2D eigenvalue weighted by molar-refractivity contribution is 5.95. The Kier molecular flexibility index (Phi) is 7.57. The summed E-state index contributed by atoms with van der Waals surface area (Å²) in [7, 11) is 0. The van der Waals surface area contributed by atoms with Gasteiger partial charge in [-0.1, -0.05) is 54.6 Å². The molecule has 0 aliphatic rings. The summed E-state index contributed by atoms with van der Waals surface area (Å²) >= 11 is 0. The number of nitrogens with two attached hydrogens (primary N) is 1. The lowest BCUT2D eigenvalue weighted by Gasteiger charge is -2.31. The zero-order valence-corrected chi connectivity index (χ0v) is 18.0. The van der Waals surface area contributed by atoms with Gasteiger partial charge in [0.1, 0.15) is 12.4 Å². The first kappa shape index (κ1) is 24.8. The zero-order valence-electron chi connectivity index (χ0n) is 18.0. The van der Waals surface area contributed by atoms with Crippen LogP contribution in [0.4, 0.5) is 13.2 Å². The highest BCUT2D eigenvalue weighted by atomic mass is 19.4. The Balaban J connectivity index is 1.64. The van der Waals surface area contributed by atoms with E-state index >= 15 is 0 Å². The lowest BCUT2D eigenvalue weighted by atomic mass is 9.89. The van der Waals surface area contributed by atoms with Crippen molar-refractivity contribution >= 4 is 11.8 Å². The predicted octanol–water partition coefficient (Wildman–Crippen LogP) is 3.93. The molecule has 0 aromatic heterocycles. The first-order valence-corrected chi connectivity index (χ1v) is 10.4. The van der Waals surface area contributed by atoms with Crippen LogP contribution in [0.15, 0.2) is 78.9 Å². The van der Waals surface area contributed by atoms with Gasteiger partial charge in [0, 0.05) is 18.5 Å². The summed E-state index contributed by atoms with van der Waals surface area (Å²) in [6, 6.07) is 19.5. The molecule has 34 heavy (non-hydrogen) atoms. The Morgan fingerprint density at radius 3 is 2.29 bits per heavy atom. The van der Waals surface area contributed by atoms with Crippen LogP contribution < -0.4 is 15.8 Å². The molecule has 9 heteroatoms. The number of rotatable bonds is 9. The van der Waals surface area contributed by atoms with Crippen molar-refractivity contribution in [2.45, 2.75) is 24.8 Å². The number of ether oxygens (including phenoxy) is 1. The van der Waals surface area contributed by atoms with Crippen LogP contribution in [-0.4, -0.2) is 29.6 Å². The Bertz CT molecular complexity index is 1150. The van der Waals surface area contributed by atoms with E-state index in [4.69, 9.17) is 10.5 Å². The summed E-state index contributed by atoms with van der Waals surface area (Å²) < 4.78 is 46.4. The van der Waals surface area contributed by atoms with Crippen LogP contribution in [0.2, 0.25) is 0 Å². The molecule has 3 aromatic carbocycles. The summed E-state index contributed by atoms with van der Waals surface area (Å²) in [5.41, 5.74) is 2.96. The smallest absolute Gasteiger partial charge is 0.421 e. The van der Waals surface area contributed by atoms with Gasteiger partial charge in [-0.15, -0.1) is 0 Å². The molecule has 178 valence electrons. The molecule has 0 fully saturated rings. The van der Waals surface area contributed by atoms with E-state index < -0.39 is 36.6 Å². The average Bonchev–Trinajstić information content (AvgIpc) is 2.82. The molecule has 0 heterocycles. The van der Waals surface area contributed by atoms with E-state index in [1.807, 2.05) is 0 Å². The van der Waals surface area contributed by atoms with Crippen molar-refractivity contribution in [1.29, 1.82) is 0 Å². The van der Waals surface area contributed by atoms with Crippen molar-refractivity contribution < 1.29 is 32.6 Å². The minimum absolute atomic E-state index is 0.0350. The minimum atomic E-state index is -4.92. The summed E-state index contributed by atoms with van der Waals surface area (Å²) in [5.74, 6) is -0.952. The maximum Gasteiger partial charge on any atom is 0.421 e. The van der Waals surface area contributed by atoms with Crippen molar-refractivity contribution in [3.8, 4) is 5.75 Å². The van der Waals surface area contributed by atoms with E-state index in [9.17, 15) is 27.9 Å². The Morgan fingerprint density at radius 2 is 1.62 bits per heavy atom. The Labute approximate surface area is 194 Å². The molecule has 3 rings (SSSR count). The lowest BCUT2D eigenvalue weighted by Crippen LogP contribution is -2.45. The van der Waals surface area contributed by atoms with Crippen LogP contribution in [0.5, 0.6) is 5.75 Å². The summed E-state index contributed by atoms with van der Waals surface area (Å²) in [6.45, 7) is -0.371. The predicted molar refractivity (Wildman–Crippen MR) is 119 cm³/mol. The number of hydrogen-bond acceptors (Lipinski definition) is 4. The van der Waals surface area contributed by atoms with Gasteiger partial charge in [-0.2, -0.15) is 13.2 Å². The van der Waals surface area contributed by atoms with E-state index in [1.165, 1.54) is 42.5 Å². The first-order chi connectivity index (χ1) is 16.1. The van der Waals surface area contributed by atoms with Crippen molar-refractivity contribution in [1.82, 2.24) is 5.32 Å². The highest BCUT2D eigenvalue weighted by Gasteiger charge is 2.54. The van der Waals surface area contributed by atoms with Gasteiger partial charge in [0.25, 0.3) is 11.8 Å².